The van der Waals surface area contributed by atoms with Crippen molar-refractivity contribution >= 4 is 15.7 Å². The first-order valence-corrected chi connectivity index (χ1v) is 16.7. The Morgan fingerprint density at radius 2 is 1.93 bits per heavy atom. The summed E-state index contributed by atoms with van der Waals surface area (Å²) in [5, 5.41) is 25.7. The molecule has 0 unspecified atom stereocenters. The van der Waals surface area contributed by atoms with Crippen LogP contribution in [-0.2, 0) is 26.0 Å². The molecule has 0 aromatic heterocycles. The lowest BCUT2D eigenvalue weighted by molar-refractivity contribution is -0.183. The minimum absolute atomic E-state index is 0.0407. The van der Waals surface area contributed by atoms with E-state index >= 15 is 0 Å². The summed E-state index contributed by atoms with van der Waals surface area (Å²) in [5.74, 6) is 1.14. The lowest BCUT2D eigenvalue weighted by atomic mass is 9.45. The van der Waals surface area contributed by atoms with Crippen LogP contribution in [0.4, 0.5) is 0 Å². The summed E-state index contributed by atoms with van der Waals surface area (Å²) >= 11 is 0. The van der Waals surface area contributed by atoms with Gasteiger partial charge < -0.3 is 20.3 Å². The first-order chi connectivity index (χ1) is 19.8. The molecule has 2 bridgehead atoms. The monoisotopic (exact) mass is 600 g/mol. The molecule has 4 fully saturated rings. The number of hydrogen-bond donors (Lipinski definition) is 3. The summed E-state index contributed by atoms with van der Waals surface area (Å²) in [5.41, 5.74) is 2.38. The third-order valence-electron chi connectivity index (χ3n) is 10.3. The van der Waals surface area contributed by atoms with E-state index in [2.05, 4.69) is 26.1 Å². The fourth-order valence-corrected chi connectivity index (χ4v) is 8.39. The van der Waals surface area contributed by atoms with Gasteiger partial charge in [0.05, 0.1) is 31.3 Å². The first kappa shape index (κ1) is 30.9. The zero-order valence-electron chi connectivity index (χ0n) is 25.3. The minimum Gasteiger partial charge on any atom is -0.496 e. The van der Waals surface area contributed by atoms with Gasteiger partial charge in [-0.1, -0.05) is 51.1 Å². The highest BCUT2D eigenvalue weighted by molar-refractivity contribution is 7.90. The molecule has 0 radical (unpaired) electrons. The molecule has 3 saturated carbocycles. The quantitative estimate of drug-likeness (QED) is 0.400. The van der Waals surface area contributed by atoms with Gasteiger partial charge in [-0.3, -0.25) is 9.63 Å². The van der Waals surface area contributed by atoms with E-state index in [1.165, 1.54) is 12.7 Å². The highest BCUT2D eigenvalue weighted by Crippen LogP contribution is 2.61. The number of para-hydroxylation sites is 1. The van der Waals surface area contributed by atoms with Gasteiger partial charge in [-0.25, -0.2) is 8.42 Å². The number of hydrogen-bond acceptors (Lipinski definition) is 8. The number of amides is 1. The topological polar surface area (TPSA) is 125 Å². The van der Waals surface area contributed by atoms with E-state index in [0.717, 1.165) is 12.0 Å². The molecule has 4 aliphatic rings. The molecule has 3 aliphatic carbocycles. The lowest BCUT2D eigenvalue weighted by Gasteiger charge is -2.62. The highest BCUT2D eigenvalue weighted by atomic mass is 32.2. The molecule has 2 aromatic carbocycles. The molecule has 2 aromatic rings. The Labute approximate surface area is 249 Å². The van der Waals surface area contributed by atoms with Crippen molar-refractivity contribution in [3.8, 4) is 16.9 Å². The normalized spacial score (nSPS) is 31.3. The van der Waals surface area contributed by atoms with Crippen LogP contribution >= 0.6 is 0 Å². The number of aliphatic hydroxyl groups is 2. The highest BCUT2D eigenvalue weighted by Gasteiger charge is 2.57. The van der Waals surface area contributed by atoms with Crippen LogP contribution in [0, 0.1) is 29.1 Å². The Kier molecular flexibility index (Phi) is 8.50. The Bertz CT molecular complexity index is 1430. The number of sulfone groups is 1. The molecule has 1 saturated heterocycles. The van der Waals surface area contributed by atoms with Gasteiger partial charge >= 0.3 is 0 Å². The molecule has 9 nitrogen and oxygen atoms in total. The molecule has 1 aliphatic heterocycles. The third kappa shape index (κ3) is 5.48. The van der Waals surface area contributed by atoms with Gasteiger partial charge in [0.25, 0.3) is 0 Å². The first-order valence-electron chi connectivity index (χ1n) is 14.8. The van der Waals surface area contributed by atoms with Crippen LogP contribution in [-0.4, -0.2) is 73.9 Å². The Balaban J connectivity index is 1.44. The number of nitrogens with one attached hydrogen (secondary N) is 1. The number of methoxy groups -OCH3 is 1. The Morgan fingerprint density at radius 3 is 2.52 bits per heavy atom. The fourth-order valence-electron chi connectivity index (χ4n) is 7.72. The molecule has 0 spiro atoms. The van der Waals surface area contributed by atoms with Gasteiger partial charge in [-0.2, -0.15) is 5.06 Å². The van der Waals surface area contributed by atoms with Crippen molar-refractivity contribution in [3.05, 3.63) is 48.0 Å². The molecular weight excluding hydrogens is 556 g/mol. The molecule has 10 heteroatoms. The number of carbonyl (C=O) groups excluding carboxylic acids is 1. The molecule has 1 heterocycles. The number of carbonyl (C=O) groups is 1. The predicted octanol–water partition coefficient (Wildman–Crippen LogP) is 3.43. The Morgan fingerprint density at radius 1 is 1.21 bits per heavy atom. The third-order valence-corrected chi connectivity index (χ3v) is 11.4. The van der Waals surface area contributed by atoms with Crippen LogP contribution in [0.1, 0.15) is 46.1 Å². The summed E-state index contributed by atoms with van der Waals surface area (Å²) in [6.07, 6.45) is 1.65. The van der Waals surface area contributed by atoms with Gasteiger partial charge in [0.2, 0.25) is 5.91 Å². The molecule has 1 amide bonds. The van der Waals surface area contributed by atoms with Crippen molar-refractivity contribution in [2.45, 2.75) is 76.3 Å². The predicted molar refractivity (Wildman–Crippen MR) is 159 cm³/mol. The smallest absolute Gasteiger partial charge is 0.240 e. The van der Waals surface area contributed by atoms with Crippen molar-refractivity contribution in [3.63, 3.8) is 0 Å². The summed E-state index contributed by atoms with van der Waals surface area (Å²) < 4.78 is 30.2. The van der Waals surface area contributed by atoms with Gasteiger partial charge in [0.15, 0.2) is 9.84 Å². The summed E-state index contributed by atoms with van der Waals surface area (Å²) in [7, 11) is -1.86. The van der Waals surface area contributed by atoms with Crippen molar-refractivity contribution in [1.29, 1.82) is 0 Å². The van der Waals surface area contributed by atoms with E-state index in [1.54, 1.807) is 37.3 Å². The number of hydroxylamine groups is 2. The Hall–Kier alpha value is -2.50. The average Bonchev–Trinajstić information content (AvgIpc) is 3.32. The number of benzene rings is 2. The number of aliphatic hydroxyl groups excluding tert-OH is 2. The van der Waals surface area contributed by atoms with Crippen molar-refractivity contribution in [1.82, 2.24) is 10.4 Å². The maximum Gasteiger partial charge on any atom is 0.240 e. The minimum atomic E-state index is -3.41. The second kappa shape index (κ2) is 11.5. The van der Waals surface area contributed by atoms with Gasteiger partial charge in [0, 0.05) is 29.3 Å². The van der Waals surface area contributed by atoms with Crippen molar-refractivity contribution < 1.29 is 33.0 Å². The number of rotatable bonds is 9. The van der Waals surface area contributed by atoms with E-state index in [0.29, 0.717) is 34.6 Å². The standard InChI is InChI=1S/C32H44N2O7S/c1-18-25-14-22(32(25,3)4)15-26(18)33-31(37)29-28(19(2)36)27(17-35)41-34(29)16-21-10-8-12-24(30(21)40-5)20-9-7-11-23(13-20)42(6,38)39/h7-13,18-19,22,25-29,35-36H,14-17H2,1-6H3,(H,33,37)/t18-,19-,22+,25-,26-,27-,28-,29-/m0/s1. The van der Waals surface area contributed by atoms with Crippen LogP contribution in [0.25, 0.3) is 11.1 Å². The second-order valence-electron chi connectivity index (χ2n) is 13.0. The lowest BCUT2D eigenvalue weighted by Crippen LogP contribution is -2.62. The molecular formula is C32H44N2O7S. The number of ether oxygens (including phenoxy) is 1. The fraction of sp³-hybridized carbons (Fsp3) is 0.594. The van der Waals surface area contributed by atoms with Gasteiger partial charge in [-0.15, -0.1) is 0 Å². The van der Waals surface area contributed by atoms with Crippen LogP contribution in [0.3, 0.4) is 0 Å². The van der Waals surface area contributed by atoms with Gasteiger partial charge in [-0.05, 0) is 60.6 Å². The van der Waals surface area contributed by atoms with E-state index in [4.69, 9.17) is 9.57 Å². The summed E-state index contributed by atoms with van der Waals surface area (Å²) in [6, 6.07) is 11.5. The van der Waals surface area contributed by atoms with E-state index in [-0.39, 0.29) is 35.4 Å². The van der Waals surface area contributed by atoms with Crippen LogP contribution < -0.4 is 10.1 Å². The molecule has 42 heavy (non-hydrogen) atoms. The van der Waals surface area contributed by atoms with Crippen molar-refractivity contribution in [2.24, 2.45) is 29.1 Å². The van der Waals surface area contributed by atoms with Gasteiger partial charge in [0.1, 0.15) is 17.9 Å². The molecule has 8 atom stereocenters. The van der Waals surface area contributed by atoms with E-state index < -0.39 is 34.0 Å². The largest absolute Gasteiger partial charge is 0.496 e. The van der Waals surface area contributed by atoms with Crippen molar-refractivity contribution in [2.75, 3.05) is 20.0 Å². The number of nitrogens with zero attached hydrogens (tertiary/aromatic N) is 1. The molecule has 6 rings (SSSR count). The van der Waals surface area contributed by atoms with Crippen LogP contribution in [0.15, 0.2) is 47.4 Å². The summed E-state index contributed by atoms with van der Waals surface area (Å²) in [6.45, 7) is 8.29. The van der Waals surface area contributed by atoms with Crippen LogP contribution in [0.5, 0.6) is 5.75 Å². The average molecular weight is 601 g/mol. The maximum absolute atomic E-state index is 14.0. The van der Waals surface area contributed by atoms with Crippen LogP contribution in [0.2, 0.25) is 0 Å². The molecule has 230 valence electrons. The zero-order chi connectivity index (χ0) is 30.6. The van der Waals surface area contributed by atoms with E-state index in [9.17, 15) is 23.4 Å². The maximum atomic E-state index is 14.0. The molecule has 3 N–H and O–H groups in total. The summed E-state index contributed by atoms with van der Waals surface area (Å²) in [4.78, 5) is 20.3. The number of fused-ring (bicyclic) bond motifs is 2. The zero-order valence-corrected chi connectivity index (χ0v) is 26.1. The van der Waals surface area contributed by atoms with E-state index in [1.807, 2.05) is 24.3 Å². The second-order valence-corrected chi connectivity index (χ2v) is 15.0. The SMILES string of the molecule is COc1c(CN2O[C@@H](CO)[C@H]([C@H](C)O)[C@H]2C(=O)N[C@H]2C[C@H]3C[C@@H]([C@@H]2C)C3(C)C)cccc1-c1cccc(S(C)(=O)=O)c1.